The highest BCUT2D eigenvalue weighted by Crippen LogP contribution is 2.17. The van der Waals surface area contributed by atoms with Crippen LogP contribution in [0.5, 0.6) is 5.75 Å². The quantitative estimate of drug-likeness (QED) is 0.749. The highest BCUT2D eigenvalue weighted by molar-refractivity contribution is 6.02. The van der Waals surface area contributed by atoms with Crippen LogP contribution in [0.3, 0.4) is 0 Å². The first-order valence-electron chi connectivity index (χ1n) is 7.92. The maximum absolute atomic E-state index is 13.6. The second-order valence-corrected chi connectivity index (χ2v) is 5.92. The number of carbonyl (C=O) groups is 1. The number of nitrogens with zero attached hydrogens (tertiary/aromatic N) is 2. The molecule has 7 heteroatoms. The minimum atomic E-state index is -0.851. The molecule has 1 heterocycles. The predicted octanol–water partition coefficient (Wildman–Crippen LogP) is 4.07. The molecule has 0 radical (unpaired) electrons. The fourth-order valence-corrected chi connectivity index (χ4v) is 2.49. The molecule has 0 aliphatic carbocycles. The van der Waals surface area contributed by atoms with Gasteiger partial charge in [-0.25, -0.2) is 13.5 Å². The minimum absolute atomic E-state index is 0.0951. The van der Waals surface area contributed by atoms with E-state index in [9.17, 15) is 13.6 Å². The normalized spacial score (nSPS) is 10.6. The summed E-state index contributed by atoms with van der Waals surface area (Å²) in [5.74, 6) is -1.46. The first kappa shape index (κ1) is 17.6. The summed E-state index contributed by atoms with van der Waals surface area (Å²) in [6.45, 7) is 4.08. The Morgan fingerprint density at radius 1 is 1.12 bits per heavy atom. The monoisotopic (exact) mass is 357 g/mol. The smallest absolute Gasteiger partial charge is 0.276 e. The van der Waals surface area contributed by atoms with E-state index < -0.39 is 17.5 Å². The maximum Gasteiger partial charge on any atom is 0.276 e. The lowest BCUT2D eigenvalue weighted by atomic mass is 10.1. The largest absolute Gasteiger partial charge is 0.471 e. The van der Waals surface area contributed by atoms with Gasteiger partial charge in [-0.1, -0.05) is 6.07 Å². The molecular weight excluding hydrogens is 340 g/mol. The van der Waals surface area contributed by atoms with Crippen molar-refractivity contribution in [1.29, 1.82) is 0 Å². The van der Waals surface area contributed by atoms with Crippen molar-refractivity contribution in [3.63, 3.8) is 0 Å². The number of hydrogen-bond acceptors (Lipinski definition) is 3. The van der Waals surface area contributed by atoms with Crippen molar-refractivity contribution < 1.29 is 18.3 Å². The zero-order valence-corrected chi connectivity index (χ0v) is 14.3. The average Bonchev–Trinajstić information content (AvgIpc) is 3.04. The number of nitrogens with one attached hydrogen (secondary N) is 1. The Kier molecular flexibility index (Phi) is 4.97. The van der Waals surface area contributed by atoms with Crippen LogP contribution in [-0.4, -0.2) is 15.7 Å². The van der Waals surface area contributed by atoms with Crippen LogP contribution in [0.25, 0.3) is 0 Å². The van der Waals surface area contributed by atoms with E-state index in [0.29, 0.717) is 11.8 Å². The molecule has 2 aromatic carbocycles. The molecule has 3 rings (SSSR count). The molecule has 134 valence electrons. The SMILES string of the molecule is Cc1cc(C)cc(OCn2ccc(C(=O)Nc3ccc(F)cc3F)n2)c1. The van der Waals surface area contributed by atoms with Gasteiger partial charge >= 0.3 is 0 Å². The zero-order chi connectivity index (χ0) is 18.7. The molecule has 5 nitrogen and oxygen atoms in total. The van der Waals surface area contributed by atoms with Crippen molar-refractivity contribution >= 4 is 11.6 Å². The van der Waals surface area contributed by atoms with Gasteiger partial charge in [0.2, 0.25) is 0 Å². The molecule has 0 aliphatic heterocycles. The molecule has 0 aliphatic rings. The van der Waals surface area contributed by atoms with Gasteiger partial charge in [0.15, 0.2) is 12.4 Å². The summed E-state index contributed by atoms with van der Waals surface area (Å²) in [5.41, 5.74) is 2.15. The van der Waals surface area contributed by atoms with Crippen LogP contribution in [0.2, 0.25) is 0 Å². The predicted molar refractivity (Wildman–Crippen MR) is 93.1 cm³/mol. The fourth-order valence-electron chi connectivity index (χ4n) is 2.49. The lowest BCUT2D eigenvalue weighted by Gasteiger charge is -2.08. The first-order chi connectivity index (χ1) is 12.4. The van der Waals surface area contributed by atoms with Crippen molar-refractivity contribution in [2.75, 3.05) is 5.32 Å². The van der Waals surface area contributed by atoms with Gasteiger partial charge in [-0.05, 0) is 55.3 Å². The summed E-state index contributed by atoms with van der Waals surface area (Å²) in [6.07, 6.45) is 1.58. The average molecular weight is 357 g/mol. The molecule has 26 heavy (non-hydrogen) atoms. The van der Waals surface area contributed by atoms with E-state index >= 15 is 0 Å². The Bertz CT molecular complexity index is 933. The van der Waals surface area contributed by atoms with E-state index in [-0.39, 0.29) is 18.1 Å². The van der Waals surface area contributed by atoms with Gasteiger partial charge in [0.1, 0.15) is 17.4 Å². The van der Waals surface area contributed by atoms with Crippen LogP contribution in [0.1, 0.15) is 21.6 Å². The summed E-state index contributed by atoms with van der Waals surface area (Å²) >= 11 is 0. The number of aryl methyl sites for hydroxylation is 2. The van der Waals surface area contributed by atoms with Crippen LogP contribution >= 0.6 is 0 Å². The lowest BCUT2D eigenvalue weighted by molar-refractivity contribution is 0.101. The summed E-state index contributed by atoms with van der Waals surface area (Å²) in [6, 6.07) is 10.3. The summed E-state index contributed by atoms with van der Waals surface area (Å²) in [7, 11) is 0. The van der Waals surface area contributed by atoms with Crippen LogP contribution in [0.4, 0.5) is 14.5 Å². The molecule has 0 bridgehead atoms. The molecule has 0 atom stereocenters. The Hall–Kier alpha value is -3.22. The molecule has 0 spiro atoms. The number of hydrogen-bond donors (Lipinski definition) is 1. The van der Waals surface area contributed by atoms with Crippen LogP contribution < -0.4 is 10.1 Å². The molecular formula is C19H17F2N3O2. The Balaban J connectivity index is 1.64. The van der Waals surface area contributed by atoms with E-state index in [1.165, 1.54) is 10.7 Å². The standard InChI is InChI=1S/C19H17F2N3O2/c1-12-7-13(2)9-15(8-12)26-11-24-6-5-18(23-24)19(25)22-17-4-3-14(20)10-16(17)21/h3-10H,11H2,1-2H3,(H,22,25). The van der Waals surface area contributed by atoms with Crippen molar-refractivity contribution in [1.82, 2.24) is 9.78 Å². The van der Waals surface area contributed by atoms with Gasteiger partial charge in [0.05, 0.1) is 5.69 Å². The van der Waals surface area contributed by atoms with Crippen LogP contribution in [0.15, 0.2) is 48.7 Å². The molecule has 0 fully saturated rings. The minimum Gasteiger partial charge on any atom is -0.471 e. The van der Waals surface area contributed by atoms with Gasteiger partial charge in [0.25, 0.3) is 5.91 Å². The first-order valence-corrected chi connectivity index (χ1v) is 7.92. The third kappa shape index (κ3) is 4.24. The number of halogens is 2. The summed E-state index contributed by atoms with van der Waals surface area (Å²) in [4.78, 5) is 12.1. The molecule has 1 amide bonds. The second kappa shape index (κ2) is 7.35. The van der Waals surface area contributed by atoms with Gasteiger partial charge in [-0.2, -0.15) is 5.10 Å². The molecule has 0 saturated heterocycles. The summed E-state index contributed by atoms with van der Waals surface area (Å²) in [5, 5.41) is 6.46. The highest BCUT2D eigenvalue weighted by Gasteiger charge is 2.13. The Labute approximate surface area is 149 Å². The van der Waals surface area contributed by atoms with E-state index in [1.54, 1.807) is 6.20 Å². The number of ether oxygens (including phenoxy) is 1. The molecule has 1 N–H and O–H groups in total. The summed E-state index contributed by atoms with van der Waals surface area (Å²) < 4.78 is 33.6. The molecule has 0 unspecified atom stereocenters. The van der Waals surface area contributed by atoms with Crippen molar-refractivity contribution in [3.8, 4) is 5.75 Å². The lowest BCUT2D eigenvalue weighted by Crippen LogP contribution is -2.15. The van der Waals surface area contributed by atoms with E-state index in [4.69, 9.17) is 4.74 Å². The van der Waals surface area contributed by atoms with Crippen LogP contribution in [0, 0.1) is 25.5 Å². The number of aromatic nitrogens is 2. The van der Waals surface area contributed by atoms with Gasteiger partial charge in [-0.3, -0.25) is 4.79 Å². The van der Waals surface area contributed by atoms with Crippen molar-refractivity contribution in [2.24, 2.45) is 0 Å². The van der Waals surface area contributed by atoms with Crippen LogP contribution in [-0.2, 0) is 6.73 Å². The highest BCUT2D eigenvalue weighted by atomic mass is 19.1. The van der Waals surface area contributed by atoms with Gasteiger partial charge in [-0.15, -0.1) is 0 Å². The number of rotatable bonds is 5. The van der Waals surface area contributed by atoms with E-state index in [1.807, 2.05) is 32.0 Å². The number of anilines is 1. The van der Waals surface area contributed by atoms with Crippen molar-refractivity contribution in [3.05, 3.63) is 77.1 Å². The van der Waals surface area contributed by atoms with Crippen molar-refractivity contribution in [2.45, 2.75) is 20.6 Å². The third-order valence-corrected chi connectivity index (χ3v) is 3.61. The molecule has 1 aromatic heterocycles. The number of carbonyl (C=O) groups excluding carboxylic acids is 1. The second-order valence-electron chi connectivity index (χ2n) is 5.92. The Morgan fingerprint density at radius 3 is 2.54 bits per heavy atom. The number of amides is 1. The molecule has 3 aromatic rings. The maximum atomic E-state index is 13.6. The molecule has 0 saturated carbocycles. The zero-order valence-electron chi connectivity index (χ0n) is 14.3. The Morgan fingerprint density at radius 2 is 1.85 bits per heavy atom. The van der Waals surface area contributed by atoms with Gasteiger partial charge in [0, 0.05) is 12.3 Å². The van der Waals surface area contributed by atoms with Gasteiger partial charge < -0.3 is 10.1 Å². The third-order valence-electron chi connectivity index (χ3n) is 3.61. The fraction of sp³-hybridized carbons (Fsp3) is 0.158. The van der Waals surface area contributed by atoms with E-state index in [2.05, 4.69) is 10.4 Å². The number of benzene rings is 2. The topological polar surface area (TPSA) is 56.1 Å². The van der Waals surface area contributed by atoms with E-state index in [0.717, 1.165) is 23.3 Å².